The lowest BCUT2D eigenvalue weighted by Gasteiger charge is -2.13. The second-order valence-electron chi connectivity index (χ2n) is 6.91. The largest absolute Gasteiger partial charge is 0.361 e. The van der Waals surface area contributed by atoms with E-state index in [0.29, 0.717) is 36.4 Å². The van der Waals surface area contributed by atoms with Crippen molar-refractivity contribution in [3.05, 3.63) is 64.8 Å². The highest BCUT2D eigenvalue weighted by molar-refractivity contribution is 6.21. The fourth-order valence-corrected chi connectivity index (χ4v) is 3.47. The molecule has 8 heteroatoms. The maximum Gasteiger partial charge on any atom is 0.329 e. The van der Waals surface area contributed by atoms with E-state index in [1.54, 1.807) is 0 Å². The van der Waals surface area contributed by atoms with Crippen LogP contribution in [-0.2, 0) is 17.6 Å². The van der Waals surface area contributed by atoms with Gasteiger partial charge in [0.05, 0.1) is 23.3 Å². The van der Waals surface area contributed by atoms with Crippen molar-refractivity contribution in [1.29, 1.82) is 0 Å². The van der Waals surface area contributed by atoms with Gasteiger partial charge in [0.15, 0.2) is 0 Å². The van der Waals surface area contributed by atoms with E-state index in [1.165, 1.54) is 11.1 Å². The van der Waals surface area contributed by atoms with Gasteiger partial charge in [-0.1, -0.05) is 35.5 Å². The lowest BCUT2D eigenvalue weighted by Crippen LogP contribution is -2.32. The summed E-state index contributed by atoms with van der Waals surface area (Å²) in [5, 5.41) is 13.7. The minimum Gasteiger partial charge on any atom is -0.361 e. The molecule has 144 valence electrons. The van der Waals surface area contributed by atoms with E-state index in [0.717, 1.165) is 16.8 Å². The molecule has 3 amide bonds. The van der Waals surface area contributed by atoms with Gasteiger partial charge < -0.3 is 9.84 Å². The Hall–Kier alpha value is -3.42. The van der Waals surface area contributed by atoms with Gasteiger partial charge in [-0.25, -0.2) is 9.69 Å². The number of aryl methyl sites for hydroxylation is 3. The SMILES string of the molecule is Cc1noc(C)c1Cc1[nH]ncc1N1C(=O)NC(CCc2ccccc2)C1=O. The van der Waals surface area contributed by atoms with Gasteiger partial charge in [0.1, 0.15) is 11.8 Å². The Morgan fingerprint density at radius 1 is 1.18 bits per heavy atom. The zero-order valence-electron chi connectivity index (χ0n) is 15.7. The van der Waals surface area contributed by atoms with Crippen LogP contribution in [-0.4, -0.2) is 33.3 Å². The number of imide groups is 1. The van der Waals surface area contributed by atoms with Crippen molar-refractivity contribution in [1.82, 2.24) is 20.7 Å². The van der Waals surface area contributed by atoms with Gasteiger partial charge in [-0.2, -0.15) is 5.10 Å². The normalized spacial score (nSPS) is 16.6. The molecular weight excluding hydrogens is 358 g/mol. The Balaban J connectivity index is 1.51. The van der Waals surface area contributed by atoms with Crippen molar-refractivity contribution >= 4 is 17.6 Å². The van der Waals surface area contributed by atoms with Gasteiger partial charge in [0.2, 0.25) is 0 Å². The molecule has 0 bridgehead atoms. The first-order valence-corrected chi connectivity index (χ1v) is 9.17. The Morgan fingerprint density at radius 3 is 2.68 bits per heavy atom. The Morgan fingerprint density at radius 2 is 1.96 bits per heavy atom. The topological polar surface area (TPSA) is 104 Å². The molecule has 1 aliphatic rings. The van der Waals surface area contributed by atoms with Crippen LogP contribution in [0.3, 0.4) is 0 Å². The predicted molar refractivity (Wildman–Crippen MR) is 102 cm³/mol. The van der Waals surface area contributed by atoms with Crippen molar-refractivity contribution in [3.8, 4) is 0 Å². The number of urea groups is 1. The summed E-state index contributed by atoms with van der Waals surface area (Å²) < 4.78 is 5.20. The fourth-order valence-electron chi connectivity index (χ4n) is 3.47. The molecule has 2 N–H and O–H groups in total. The summed E-state index contributed by atoms with van der Waals surface area (Å²) in [6.45, 7) is 3.69. The van der Waals surface area contributed by atoms with Gasteiger partial charge >= 0.3 is 6.03 Å². The molecule has 1 unspecified atom stereocenters. The average Bonchev–Trinajstić information content (AvgIpc) is 3.35. The second-order valence-corrected chi connectivity index (χ2v) is 6.91. The summed E-state index contributed by atoms with van der Waals surface area (Å²) in [6.07, 6.45) is 3.21. The van der Waals surface area contributed by atoms with Crippen molar-refractivity contribution in [3.63, 3.8) is 0 Å². The predicted octanol–water partition coefficient (Wildman–Crippen LogP) is 2.66. The van der Waals surface area contributed by atoms with Crippen molar-refractivity contribution in [2.75, 3.05) is 4.90 Å². The highest BCUT2D eigenvalue weighted by Gasteiger charge is 2.40. The first-order valence-electron chi connectivity index (χ1n) is 9.17. The third kappa shape index (κ3) is 3.28. The first kappa shape index (κ1) is 18.0. The summed E-state index contributed by atoms with van der Waals surface area (Å²) in [4.78, 5) is 26.6. The van der Waals surface area contributed by atoms with Crippen LogP contribution in [0.15, 0.2) is 41.1 Å². The number of hydrogen-bond acceptors (Lipinski definition) is 5. The third-order valence-corrected chi connectivity index (χ3v) is 5.05. The summed E-state index contributed by atoms with van der Waals surface area (Å²) in [5.41, 5.74) is 3.95. The molecule has 1 saturated heterocycles. The number of anilines is 1. The molecule has 0 aliphatic carbocycles. The van der Waals surface area contributed by atoms with Crippen LogP contribution in [0.2, 0.25) is 0 Å². The Labute approximate surface area is 161 Å². The highest BCUT2D eigenvalue weighted by atomic mass is 16.5. The number of aromatic amines is 1. The number of benzene rings is 1. The van der Waals surface area contributed by atoms with Gasteiger partial charge in [0, 0.05) is 12.0 Å². The standard InChI is InChI=1S/C20H21N5O3/c1-12-15(13(2)28-24-12)10-17-18(11-21-23-17)25-19(26)16(22-20(25)27)9-8-14-6-4-3-5-7-14/h3-7,11,16H,8-10H2,1-2H3,(H,21,23)(H,22,27). The van der Waals surface area contributed by atoms with Crippen molar-refractivity contribution < 1.29 is 14.1 Å². The first-order chi connectivity index (χ1) is 13.5. The summed E-state index contributed by atoms with van der Waals surface area (Å²) >= 11 is 0. The van der Waals surface area contributed by atoms with Crippen LogP contribution in [0.4, 0.5) is 10.5 Å². The molecule has 1 aromatic carbocycles. The lowest BCUT2D eigenvalue weighted by molar-refractivity contribution is -0.118. The molecule has 0 spiro atoms. The van der Waals surface area contributed by atoms with Gasteiger partial charge in [-0.3, -0.25) is 9.89 Å². The Kier molecular flexibility index (Phi) is 4.68. The van der Waals surface area contributed by atoms with E-state index in [1.807, 2.05) is 44.2 Å². The number of nitrogens with one attached hydrogen (secondary N) is 2. The van der Waals surface area contributed by atoms with Crippen molar-refractivity contribution in [2.24, 2.45) is 0 Å². The molecule has 4 rings (SSSR count). The number of rotatable bonds is 6. The number of H-pyrrole nitrogens is 1. The lowest BCUT2D eigenvalue weighted by atomic mass is 10.0. The molecule has 0 radical (unpaired) electrons. The summed E-state index contributed by atoms with van der Waals surface area (Å²) in [5.74, 6) is 0.443. The molecular formula is C20H21N5O3. The van der Waals surface area contributed by atoms with E-state index in [4.69, 9.17) is 4.52 Å². The van der Waals surface area contributed by atoms with Crippen LogP contribution in [0, 0.1) is 13.8 Å². The van der Waals surface area contributed by atoms with Crippen molar-refractivity contribution in [2.45, 2.75) is 39.2 Å². The molecule has 8 nitrogen and oxygen atoms in total. The number of hydrogen-bond donors (Lipinski definition) is 2. The smallest absolute Gasteiger partial charge is 0.329 e. The number of nitrogens with zero attached hydrogens (tertiary/aromatic N) is 3. The van der Waals surface area contributed by atoms with E-state index in [-0.39, 0.29) is 5.91 Å². The minimum absolute atomic E-state index is 0.262. The monoisotopic (exact) mass is 379 g/mol. The zero-order valence-corrected chi connectivity index (χ0v) is 15.7. The van der Waals surface area contributed by atoms with Crippen LogP contribution in [0.1, 0.15) is 34.7 Å². The summed E-state index contributed by atoms with van der Waals surface area (Å²) in [6, 6.07) is 8.92. The maximum atomic E-state index is 12.9. The highest BCUT2D eigenvalue weighted by Crippen LogP contribution is 2.27. The molecule has 3 heterocycles. The molecule has 1 aliphatic heterocycles. The maximum absolute atomic E-state index is 12.9. The summed E-state index contributed by atoms with van der Waals surface area (Å²) in [7, 11) is 0. The van der Waals surface area contributed by atoms with Crippen LogP contribution < -0.4 is 10.2 Å². The van der Waals surface area contributed by atoms with Crippen LogP contribution >= 0.6 is 0 Å². The van der Waals surface area contributed by atoms with Gasteiger partial charge in [-0.15, -0.1) is 0 Å². The molecule has 1 atom stereocenters. The average molecular weight is 379 g/mol. The molecule has 3 aromatic rings. The molecule has 1 fully saturated rings. The number of aromatic nitrogens is 3. The number of amides is 3. The van der Waals surface area contributed by atoms with Crippen LogP contribution in [0.5, 0.6) is 0 Å². The zero-order chi connectivity index (χ0) is 19.7. The van der Waals surface area contributed by atoms with E-state index in [9.17, 15) is 9.59 Å². The van der Waals surface area contributed by atoms with Gasteiger partial charge in [-0.05, 0) is 32.3 Å². The molecule has 0 saturated carbocycles. The number of carbonyl (C=O) groups excluding carboxylic acids is 2. The Bertz CT molecular complexity index is 989. The third-order valence-electron chi connectivity index (χ3n) is 5.05. The van der Waals surface area contributed by atoms with E-state index < -0.39 is 12.1 Å². The molecule has 2 aromatic heterocycles. The van der Waals surface area contributed by atoms with E-state index in [2.05, 4.69) is 20.7 Å². The second kappa shape index (κ2) is 7.30. The van der Waals surface area contributed by atoms with Crippen LogP contribution in [0.25, 0.3) is 0 Å². The quantitative estimate of drug-likeness (QED) is 0.641. The minimum atomic E-state index is -0.547. The van der Waals surface area contributed by atoms with E-state index >= 15 is 0 Å². The van der Waals surface area contributed by atoms with Gasteiger partial charge in [0.25, 0.3) is 5.91 Å². The molecule has 28 heavy (non-hydrogen) atoms. The number of carbonyl (C=O) groups is 2. The fraction of sp³-hybridized carbons (Fsp3) is 0.300.